The van der Waals surface area contributed by atoms with Gasteiger partial charge in [0.25, 0.3) is 5.56 Å². The van der Waals surface area contributed by atoms with Crippen LogP contribution in [0.3, 0.4) is 0 Å². The van der Waals surface area contributed by atoms with E-state index in [0.29, 0.717) is 17.1 Å². The van der Waals surface area contributed by atoms with E-state index in [1.807, 2.05) is 58.1 Å². The zero-order chi connectivity index (χ0) is 24.6. The Bertz CT molecular complexity index is 1630. The second-order valence-electron chi connectivity index (χ2n) is 9.26. The molecule has 180 valence electrons. The molecule has 0 saturated carbocycles. The molecule has 6 rings (SSSR count). The Morgan fingerprint density at radius 3 is 2.67 bits per heavy atom. The van der Waals surface area contributed by atoms with Gasteiger partial charge < -0.3 is 19.6 Å². The van der Waals surface area contributed by atoms with Gasteiger partial charge in [0.1, 0.15) is 11.5 Å². The number of anilines is 2. The predicted molar refractivity (Wildman–Crippen MR) is 141 cm³/mol. The molecule has 0 atom stereocenters. The van der Waals surface area contributed by atoms with E-state index in [4.69, 9.17) is 4.98 Å². The number of benzene rings is 1. The molecule has 5 aromatic rings. The first kappa shape index (κ1) is 22.0. The van der Waals surface area contributed by atoms with E-state index in [1.165, 1.54) is 5.56 Å². The van der Waals surface area contributed by atoms with Crippen LogP contribution >= 0.6 is 0 Å². The zero-order valence-corrected chi connectivity index (χ0v) is 19.9. The van der Waals surface area contributed by atoms with Gasteiger partial charge in [-0.1, -0.05) is 12.1 Å². The number of likely N-dealkylation sites (tertiary alicyclic amines) is 1. The number of carbonyl (C=O) groups is 1. The second kappa shape index (κ2) is 8.96. The summed E-state index contributed by atoms with van der Waals surface area (Å²) in [6, 6.07) is 16.1. The topological polar surface area (TPSA) is 95.4 Å². The summed E-state index contributed by atoms with van der Waals surface area (Å²) < 4.78 is 1.95. The zero-order valence-electron chi connectivity index (χ0n) is 19.9. The number of carbonyl (C=O) groups excluding carboxylic acids is 1. The van der Waals surface area contributed by atoms with Crippen LogP contribution in [0.15, 0.2) is 78.1 Å². The Kier molecular flexibility index (Phi) is 5.48. The molecule has 0 aliphatic carbocycles. The van der Waals surface area contributed by atoms with Gasteiger partial charge in [-0.05, 0) is 66.1 Å². The van der Waals surface area contributed by atoms with Crippen LogP contribution in [0.4, 0.5) is 11.5 Å². The molecule has 2 N–H and O–H groups in total. The lowest BCUT2D eigenvalue weighted by Crippen LogP contribution is -2.36. The van der Waals surface area contributed by atoms with E-state index in [1.54, 1.807) is 19.3 Å². The molecule has 1 amide bonds. The van der Waals surface area contributed by atoms with E-state index in [9.17, 15) is 9.59 Å². The lowest BCUT2D eigenvalue weighted by Gasteiger charge is -2.31. The van der Waals surface area contributed by atoms with Gasteiger partial charge in [0.05, 0.1) is 11.1 Å². The van der Waals surface area contributed by atoms with Gasteiger partial charge >= 0.3 is 0 Å². The van der Waals surface area contributed by atoms with Crippen molar-refractivity contribution in [3.63, 3.8) is 0 Å². The Balaban J connectivity index is 1.31. The van der Waals surface area contributed by atoms with E-state index in [-0.39, 0.29) is 11.5 Å². The van der Waals surface area contributed by atoms with E-state index < -0.39 is 0 Å². The Hall–Kier alpha value is -4.46. The summed E-state index contributed by atoms with van der Waals surface area (Å²) in [7, 11) is 0. The molecule has 4 aromatic heterocycles. The molecule has 0 radical (unpaired) electrons. The molecule has 1 saturated heterocycles. The quantitative estimate of drug-likeness (QED) is 0.390. The summed E-state index contributed by atoms with van der Waals surface area (Å²) in [6.45, 7) is 3.24. The molecular weight excluding hydrogens is 452 g/mol. The van der Waals surface area contributed by atoms with Crippen molar-refractivity contribution in [1.82, 2.24) is 24.3 Å². The van der Waals surface area contributed by atoms with Gasteiger partial charge in [-0.15, -0.1) is 0 Å². The van der Waals surface area contributed by atoms with Crippen molar-refractivity contribution in [3.8, 4) is 11.3 Å². The largest absolute Gasteiger partial charge is 0.343 e. The van der Waals surface area contributed by atoms with Crippen molar-refractivity contribution < 1.29 is 4.79 Å². The number of fused-ring (bicyclic) bond motifs is 2. The van der Waals surface area contributed by atoms with E-state index >= 15 is 0 Å². The summed E-state index contributed by atoms with van der Waals surface area (Å²) in [6.07, 6.45) is 9.24. The number of aromatic amines is 1. The first-order valence-electron chi connectivity index (χ1n) is 12.1. The third-order valence-corrected chi connectivity index (χ3v) is 7.02. The number of imidazole rings is 1. The second-order valence-corrected chi connectivity index (χ2v) is 9.26. The van der Waals surface area contributed by atoms with Gasteiger partial charge in [0, 0.05) is 56.1 Å². The standard InChI is InChI=1S/C28H26N6O2/c1-18(35)33-13-9-20(10-14-33)19-2-5-23(6-3-19)31-27-26-21(8-11-30-28(26)36)16-24(32-27)22-4-7-25-29-12-15-34(25)17-22/h2-8,11-12,15-17,20H,9-10,13-14H2,1H3,(H,30,36)(H,31,32). The molecule has 1 aliphatic rings. The van der Waals surface area contributed by atoms with Crippen LogP contribution in [-0.4, -0.2) is 43.2 Å². The fourth-order valence-corrected chi connectivity index (χ4v) is 5.03. The molecule has 0 unspecified atom stereocenters. The molecule has 8 heteroatoms. The molecular formula is C28H26N6O2. The number of hydrogen-bond donors (Lipinski definition) is 2. The highest BCUT2D eigenvalue weighted by atomic mass is 16.2. The summed E-state index contributed by atoms with van der Waals surface area (Å²) in [5.41, 5.74) is 4.49. The first-order valence-corrected chi connectivity index (χ1v) is 12.1. The number of rotatable bonds is 4. The summed E-state index contributed by atoms with van der Waals surface area (Å²) in [5.74, 6) is 1.10. The van der Waals surface area contributed by atoms with Crippen LogP contribution < -0.4 is 10.9 Å². The number of pyridine rings is 3. The normalized spacial score (nSPS) is 14.4. The van der Waals surface area contributed by atoms with Crippen LogP contribution in [0.5, 0.6) is 0 Å². The molecule has 0 bridgehead atoms. The number of piperidine rings is 1. The molecule has 5 heterocycles. The molecule has 36 heavy (non-hydrogen) atoms. The van der Waals surface area contributed by atoms with Crippen molar-refractivity contribution in [2.75, 3.05) is 18.4 Å². The van der Waals surface area contributed by atoms with Crippen LogP contribution in [0.1, 0.15) is 31.2 Å². The summed E-state index contributed by atoms with van der Waals surface area (Å²) >= 11 is 0. The average molecular weight is 479 g/mol. The maximum absolute atomic E-state index is 12.7. The van der Waals surface area contributed by atoms with Gasteiger partial charge in [-0.3, -0.25) is 9.59 Å². The third-order valence-electron chi connectivity index (χ3n) is 7.02. The Morgan fingerprint density at radius 1 is 1.08 bits per heavy atom. The van der Waals surface area contributed by atoms with Crippen molar-refractivity contribution in [2.24, 2.45) is 0 Å². The molecule has 1 aromatic carbocycles. The number of nitrogens with zero attached hydrogens (tertiary/aromatic N) is 4. The van der Waals surface area contributed by atoms with E-state index in [0.717, 1.165) is 53.9 Å². The number of aromatic nitrogens is 4. The fourth-order valence-electron chi connectivity index (χ4n) is 5.03. The van der Waals surface area contributed by atoms with Gasteiger partial charge in [0.15, 0.2) is 0 Å². The van der Waals surface area contributed by atoms with Crippen LogP contribution in [0.25, 0.3) is 27.7 Å². The van der Waals surface area contributed by atoms with Crippen LogP contribution in [0.2, 0.25) is 0 Å². The lowest BCUT2D eigenvalue weighted by molar-refractivity contribution is -0.129. The van der Waals surface area contributed by atoms with Crippen molar-refractivity contribution >= 4 is 33.8 Å². The smallest absolute Gasteiger partial charge is 0.259 e. The Morgan fingerprint density at radius 2 is 1.89 bits per heavy atom. The summed E-state index contributed by atoms with van der Waals surface area (Å²) in [5, 5.41) is 4.71. The van der Waals surface area contributed by atoms with Gasteiger partial charge in [-0.2, -0.15) is 0 Å². The van der Waals surface area contributed by atoms with Crippen molar-refractivity contribution in [1.29, 1.82) is 0 Å². The molecule has 0 spiro atoms. The highest BCUT2D eigenvalue weighted by molar-refractivity contribution is 5.95. The average Bonchev–Trinajstić information content (AvgIpc) is 3.37. The SMILES string of the molecule is CC(=O)N1CCC(c2ccc(Nc3nc(-c4ccc5nccn5c4)cc4cc[nH]c(=O)c34)cc2)CC1. The summed E-state index contributed by atoms with van der Waals surface area (Å²) in [4.78, 5) is 38.2. The number of amides is 1. The molecule has 1 fully saturated rings. The molecule has 1 aliphatic heterocycles. The fraction of sp³-hybridized carbons (Fsp3) is 0.214. The number of nitrogens with one attached hydrogen (secondary N) is 2. The Labute approximate surface area is 207 Å². The highest BCUT2D eigenvalue weighted by Crippen LogP contribution is 2.31. The van der Waals surface area contributed by atoms with Gasteiger partial charge in [-0.25, -0.2) is 9.97 Å². The van der Waals surface area contributed by atoms with Crippen LogP contribution in [-0.2, 0) is 4.79 Å². The van der Waals surface area contributed by atoms with E-state index in [2.05, 4.69) is 27.4 Å². The van der Waals surface area contributed by atoms with Crippen molar-refractivity contribution in [3.05, 3.63) is 89.2 Å². The highest BCUT2D eigenvalue weighted by Gasteiger charge is 2.22. The number of hydrogen-bond acceptors (Lipinski definition) is 5. The minimum Gasteiger partial charge on any atom is -0.343 e. The van der Waals surface area contributed by atoms with Gasteiger partial charge in [0.2, 0.25) is 5.91 Å². The monoisotopic (exact) mass is 478 g/mol. The minimum atomic E-state index is -0.187. The lowest BCUT2D eigenvalue weighted by atomic mass is 9.89. The number of H-pyrrole nitrogens is 1. The first-order chi connectivity index (χ1) is 17.5. The maximum Gasteiger partial charge on any atom is 0.259 e. The maximum atomic E-state index is 12.7. The minimum absolute atomic E-state index is 0.148. The van der Waals surface area contributed by atoms with Crippen molar-refractivity contribution in [2.45, 2.75) is 25.7 Å². The van der Waals surface area contributed by atoms with Crippen LogP contribution in [0, 0.1) is 0 Å². The molecule has 8 nitrogen and oxygen atoms in total. The predicted octanol–water partition coefficient (Wildman–Crippen LogP) is 4.71. The third kappa shape index (κ3) is 4.11.